The van der Waals surface area contributed by atoms with Gasteiger partial charge in [-0.3, -0.25) is 9.10 Å². The van der Waals surface area contributed by atoms with Gasteiger partial charge in [0.15, 0.2) is 11.5 Å². The van der Waals surface area contributed by atoms with E-state index in [2.05, 4.69) is 5.32 Å². The summed E-state index contributed by atoms with van der Waals surface area (Å²) in [6, 6.07) is 11.1. The summed E-state index contributed by atoms with van der Waals surface area (Å²) in [6.07, 6.45) is 1.06. The van der Waals surface area contributed by atoms with Crippen molar-refractivity contribution in [2.75, 3.05) is 30.9 Å². The van der Waals surface area contributed by atoms with Crippen molar-refractivity contribution in [3.63, 3.8) is 0 Å². The van der Waals surface area contributed by atoms with E-state index in [9.17, 15) is 13.2 Å². The second-order valence-corrected chi connectivity index (χ2v) is 8.45. The van der Waals surface area contributed by atoms with Gasteiger partial charge < -0.3 is 19.5 Å². The number of para-hydroxylation sites is 1. The fourth-order valence-electron chi connectivity index (χ4n) is 3.16. The standard InChI is InChI=1S/C20H24N2O6S/c1-14(20(23)21-13-15-6-4-5-7-17(15)26-2)22(29(3,24)25)16-8-9-18-19(12-16)28-11-10-27-18/h4-9,12,14H,10-11,13H2,1-3H3,(H,21,23)/t14-/m1/s1. The fraction of sp³-hybridized carbons (Fsp3) is 0.350. The van der Waals surface area contributed by atoms with Crippen molar-refractivity contribution >= 4 is 21.6 Å². The smallest absolute Gasteiger partial charge is 0.243 e. The lowest BCUT2D eigenvalue weighted by Gasteiger charge is -2.29. The maximum Gasteiger partial charge on any atom is 0.243 e. The lowest BCUT2D eigenvalue weighted by molar-refractivity contribution is -0.122. The van der Waals surface area contributed by atoms with Gasteiger partial charge in [-0.1, -0.05) is 18.2 Å². The monoisotopic (exact) mass is 420 g/mol. The molecule has 2 aromatic carbocycles. The summed E-state index contributed by atoms with van der Waals surface area (Å²) in [5, 5.41) is 2.78. The number of benzene rings is 2. The summed E-state index contributed by atoms with van der Waals surface area (Å²) in [6.45, 7) is 2.56. The lowest BCUT2D eigenvalue weighted by atomic mass is 10.2. The van der Waals surface area contributed by atoms with Crippen LogP contribution in [0.25, 0.3) is 0 Å². The second kappa shape index (κ2) is 8.60. The molecule has 9 heteroatoms. The van der Waals surface area contributed by atoms with Crippen LogP contribution in [0.3, 0.4) is 0 Å². The lowest BCUT2D eigenvalue weighted by Crippen LogP contribution is -2.47. The number of anilines is 1. The molecule has 156 valence electrons. The van der Waals surface area contributed by atoms with Gasteiger partial charge in [-0.05, 0) is 25.1 Å². The molecule has 0 radical (unpaired) electrons. The molecular weight excluding hydrogens is 396 g/mol. The Morgan fingerprint density at radius 3 is 2.55 bits per heavy atom. The average molecular weight is 420 g/mol. The van der Waals surface area contributed by atoms with Crippen LogP contribution in [0.5, 0.6) is 17.2 Å². The van der Waals surface area contributed by atoms with E-state index in [-0.39, 0.29) is 6.54 Å². The summed E-state index contributed by atoms with van der Waals surface area (Å²) < 4.78 is 42.3. The average Bonchev–Trinajstić information content (AvgIpc) is 2.71. The molecule has 0 spiro atoms. The third-order valence-corrected chi connectivity index (χ3v) is 5.76. The number of nitrogens with zero attached hydrogens (tertiary/aromatic N) is 1. The summed E-state index contributed by atoms with van der Waals surface area (Å²) >= 11 is 0. The predicted octanol–water partition coefficient (Wildman–Crippen LogP) is 1.94. The van der Waals surface area contributed by atoms with E-state index in [1.165, 1.54) is 6.92 Å². The number of carbonyl (C=O) groups is 1. The molecule has 0 unspecified atom stereocenters. The van der Waals surface area contributed by atoms with E-state index in [0.717, 1.165) is 16.1 Å². The quantitative estimate of drug-likeness (QED) is 0.736. The van der Waals surface area contributed by atoms with E-state index in [0.29, 0.717) is 36.1 Å². The predicted molar refractivity (Wildman–Crippen MR) is 109 cm³/mol. The van der Waals surface area contributed by atoms with Crippen LogP contribution in [0.4, 0.5) is 5.69 Å². The van der Waals surface area contributed by atoms with E-state index in [4.69, 9.17) is 14.2 Å². The van der Waals surface area contributed by atoms with Crippen molar-refractivity contribution in [1.82, 2.24) is 5.32 Å². The minimum absolute atomic E-state index is 0.214. The molecule has 1 amide bonds. The molecule has 0 fully saturated rings. The molecule has 2 aromatic rings. The molecule has 3 rings (SSSR count). The van der Waals surface area contributed by atoms with Gasteiger partial charge in [-0.25, -0.2) is 8.42 Å². The Kier molecular flexibility index (Phi) is 6.17. The first-order chi connectivity index (χ1) is 13.8. The van der Waals surface area contributed by atoms with Crippen molar-refractivity contribution in [2.45, 2.75) is 19.5 Å². The van der Waals surface area contributed by atoms with Gasteiger partial charge >= 0.3 is 0 Å². The molecule has 0 aliphatic carbocycles. The number of fused-ring (bicyclic) bond motifs is 1. The summed E-state index contributed by atoms with van der Waals surface area (Å²) in [7, 11) is -2.18. The molecule has 0 aromatic heterocycles. The van der Waals surface area contributed by atoms with Crippen molar-refractivity contribution in [2.24, 2.45) is 0 Å². The van der Waals surface area contributed by atoms with Crippen LogP contribution < -0.4 is 23.8 Å². The number of hydrogen-bond donors (Lipinski definition) is 1. The van der Waals surface area contributed by atoms with Crippen LogP contribution in [0.2, 0.25) is 0 Å². The normalized spacial score (nSPS) is 14.0. The molecule has 8 nitrogen and oxygen atoms in total. The Balaban J connectivity index is 1.81. The van der Waals surface area contributed by atoms with E-state index in [1.807, 2.05) is 18.2 Å². The molecule has 0 bridgehead atoms. The Labute approximate surface area is 170 Å². The molecular formula is C20H24N2O6S. The summed E-state index contributed by atoms with van der Waals surface area (Å²) in [5.74, 6) is 1.20. The van der Waals surface area contributed by atoms with Gasteiger partial charge in [0.1, 0.15) is 25.0 Å². The highest BCUT2D eigenvalue weighted by molar-refractivity contribution is 7.92. The highest BCUT2D eigenvalue weighted by atomic mass is 32.2. The van der Waals surface area contributed by atoms with Gasteiger partial charge in [0.2, 0.25) is 15.9 Å². The van der Waals surface area contributed by atoms with Crippen molar-refractivity contribution in [1.29, 1.82) is 0 Å². The minimum atomic E-state index is -3.73. The number of hydrogen-bond acceptors (Lipinski definition) is 6. The molecule has 1 N–H and O–H groups in total. The zero-order valence-corrected chi connectivity index (χ0v) is 17.4. The van der Waals surface area contributed by atoms with Gasteiger partial charge in [0.25, 0.3) is 0 Å². The molecule has 1 heterocycles. The number of amides is 1. The SMILES string of the molecule is COc1ccccc1CNC(=O)[C@@H](C)N(c1ccc2c(c1)OCCO2)S(C)(=O)=O. The van der Waals surface area contributed by atoms with Crippen LogP contribution in [-0.2, 0) is 21.4 Å². The highest BCUT2D eigenvalue weighted by Crippen LogP contribution is 2.35. The molecule has 1 aliphatic heterocycles. The number of carbonyl (C=O) groups excluding carboxylic acids is 1. The number of nitrogens with one attached hydrogen (secondary N) is 1. The topological polar surface area (TPSA) is 94.2 Å². The summed E-state index contributed by atoms with van der Waals surface area (Å²) in [5.41, 5.74) is 1.12. The molecule has 0 saturated carbocycles. The summed E-state index contributed by atoms with van der Waals surface area (Å²) in [4.78, 5) is 12.8. The Bertz CT molecular complexity index is 992. The van der Waals surface area contributed by atoms with Crippen LogP contribution in [0.15, 0.2) is 42.5 Å². The number of sulfonamides is 1. The minimum Gasteiger partial charge on any atom is -0.496 e. The third-order valence-electron chi connectivity index (χ3n) is 4.51. The second-order valence-electron chi connectivity index (χ2n) is 6.59. The molecule has 1 aliphatic rings. The van der Waals surface area contributed by atoms with Gasteiger partial charge in [-0.15, -0.1) is 0 Å². The maximum atomic E-state index is 12.8. The fourth-order valence-corrected chi connectivity index (χ4v) is 4.32. The highest BCUT2D eigenvalue weighted by Gasteiger charge is 2.30. The Morgan fingerprint density at radius 2 is 1.86 bits per heavy atom. The van der Waals surface area contributed by atoms with Crippen LogP contribution in [-0.4, -0.2) is 46.9 Å². The van der Waals surface area contributed by atoms with Crippen molar-refractivity contribution in [3.05, 3.63) is 48.0 Å². The van der Waals surface area contributed by atoms with Gasteiger partial charge in [0, 0.05) is 18.2 Å². The van der Waals surface area contributed by atoms with Crippen LogP contribution >= 0.6 is 0 Å². The van der Waals surface area contributed by atoms with E-state index >= 15 is 0 Å². The molecule has 0 saturated heterocycles. The maximum absolute atomic E-state index is 12.8. The zero-order chi connectivity index (χ0) is 21.0. The van der Waals surface area contributed by atoms with Crippen LogP contribution in [0, 0.1) is 0 Å². The first-order valence-electron chi connectivity index (χ1n) is 9.10. The van der Waals surface area contributed by atoms with Crippen molar-refractivity contribution in [3.8, 4) is 17.2 Å². The third kappa shape index (κ3) is 4.73. The first kappa shape index (κ1) is 20.8. The molecule has 29 heavy (non-hydrogen) atoms. The first-order valence-corrected chi connectivity index (χ1v) is 10.9. The molecule has 1 atom stereocenters. The largest absolute Gasteiger partial charge is 0.496 e. The van der Waals surface area contributed by atoms with Gasteiger partial charge in [-0.2, -0.15) is 0 Å². The van der Waals surface area contributed by atoms with Gasteiger partial charge in [0.05, 0.1) is 19.1 Å². The van der Waals surface area contributed by atoms with E-state index in [1.54, 1.807) is 31.4 Å². The van der Waals surface area contributed by atoms with E-state index < -0.39 is 22.0 Å². The van der Waals surface area contributed by atoms with Crippen molar-refractivity contribution < 1.29 is 27.4 Å². The number of rotatable bonds is 7. The zero-order valence-electron chi connectivity index (χ0n) is 16.5. The number of methoxy groups -OCH3 is 1. The Hall–Kier alpha value is -2.94. The van der Waals surface area contributed by atoms with Crippen LogP contribution in [0.1, 0.15) is 12.5 Å². The Morgan fingerprint density at radius 1 is 1.17 bits per heavy atom. The number of ether oxygens (including phenoxy) is 3.